The fraction of sp³-hybridized carbons (Fsp3) is 0.571. The van der Waals surface area contributed by atoms with Crippen LogP contribution in [0.15, 0.2) is 24.3 Å². The molecule has 0 radical (unpaired) electrons. The highest BCUT2D eigenvalue weighted by Gasteiger charge is 2.27. The fourth-order valence-corrected chi connectivity index (χ4v) is 3.11. The minimum atomic E-state index is -3.42. The molecule has 1 aliphatic carbocycles. The van der Waals surface area contributed by atoms with E-state index in [4.69, 9.17) is 0 Å². The van der Waals surface area contributed by atoms with E-state index in [0.29, 0.717) is 18.2 Å². The molecule has 0 amide bonds. The Hall–Kier alpha value is -0.980. The fourth-order valence-electron chi connectivity index (χ4n) is 1.94. The average molecular weight is 300 g/mol. The summed E-state index contributed by atoms with van der Waals surface area (Å²) in [5.41, 5.74) is 0.621. The number of benzene rings is 1. The van der Waals surface area contributed by atoms with Crippen molar-refractivity contribution < 1.29 is 12.8 Å². The third kappa shape index (κ3) is 4.26. The van der Waals surface area contributed by atoms with E-state index in [1.807, 2.05) is 0 Å². The lowest BCUT2D eigenvalue weighted by molar-refractivity contribution is 0.543. The molecule has 1 aromatic carbocycles. The molecule has 0 aromatic heterocycles. The Labute approximate surface area is 119 Å². The lowest BCUT2D eigenvalue weighted by Gasteiger charge is -2.19. The van der Waals surface area contributed by atoms with E-state index >= 15 is 0 Å². The van der Waals surface area contributed by atoms with Crippen molar-refractivity contribution in [3.8, 4) is 0 Å². The number of hydrogen-bond acceptors (Lipinski definition) is 3. The van der Waals surface area contributed by atoms with Gasteiger partial charge < -0.3 is 5.32 Å². The maximum absolute atomic E-state index is 13.1. The van der Waals surface area contributed by atoms with Gasteiger partial charge in [0, 0.05) is 18.6 Å². The van der Waals surface area contributed by atoms with Crippen molar-refractivity contribution in [1.82, 2.24) is 10.0 Å². The summed E-state index contributed by atoms with van der Waals surface area (Å²) >= 11 is 0. The third-order valence-corrected chi connectivity index (χ3v) is 5.40. The molecule has 1 aliphatic rings. The van der Waals surface area contributed by atoms with Crippen LogP contribution >= 0.6 is 0 Å². The number of nitrogens with one attached hydrogen (secondary N) is 2. The van der Waals surface area contributed by atoms with Gasteiger partial charge in [0.15, 0.2) is 0 Å². The van der Waals surface area contributed by atoms with E-state index in [9.17, 15) is 12.8 Å². The van der Waals surface area contributed by atoms with Gasteiger partial charge in [-0.05, 0) is 44.4 Å². The van der Waals surface area contributed by atoms with Gasteiger partial charge in [-0.25, -0.2) is 17.5 Å². The monoisotopic (exact) mass is 300 g/mol. The summed E-state index contributed by atoms with van der Waals surface area (Å²) < 4.78 is 40.1. The van der Waals surface area contributed by atoms with E-state index < -0.39 is 21.3 Å². The van der Waals surface area contributed by atoms with Crippen molar-refractivity contribution in [2.24, 2.45) is 0 Å². The van der Waals surface area contributed by atoms with Gasteiger partial charge in [0.05, 0.1) is 5.25 Å². The third-order valence-electron chi connectivity index (χ3n) is 3.49. The molecule has 1 saturated carbocycles. The Balaban J connectivity index is 1.95. The molecule has 0 spiro atoms. The summed E-state index contributed by atoms with van der Waals surface area (Å²) in [4.78, 5) is 0. The second-order valence-corrected chi connectivity index (χ2v) is 7.56. The van der Waals surface area contributed by atoms with Crippen molar-refractivity contribution >= 4 is 10.0 Å². The molecule has 112 valence electrons. The van der Waals surface area contributed by atoms with Crippen LogP contribution in [0.5, 0.6) is 0 Å². The van der Waals surface area contributed by atoms with Crippen LogP contribution < -0.4 is 10.0 Å². The maximum Gasteiger partial charge on any atom is 0.216 e. The van der Waals surface area contributed by atoms with Gasteiger partial charge >= 0.3 is 0 Å². The van der Waals surface area contributed by atoms with Gasteiger partial charge in [0.25, 0.3) is 0 Å². The molecule has 20 heavy (non-hydrogen) atoms. The molecule has 4 nitrogen and oxygen atoms in total. The van der Waals surface area contributed by atoms with Crippen LogP contribution in [0.2, 0.25) is 0 Å². The summed E-state index contributed by atoms with van der Waals surface area (Å²) in [6.07, 6.45) is 2.25. The first-order chi connectivity index (χ1) is 9.38. The minimum Gasteiger partial charge on any atom is -0.313 e. The van der Waals surface area contributed by atoms with Crippen molar-refractivity contribution in [2.45, 2.75) is 44.0 Å². The number of halogens is 1. The zero-order valence-corrected chi connectivity index (χ0v) is 12.6. The molecule has 2 atom stereocenters. The van der Waals surface area contributed by atoms with Crippen molar-refractivity contribution in [2.75, 3.05) is 6.54 Å². The zero-order valence-electron chi connectivity index (χ0n) is 11.8. The topological polar surface area (TPSA) is 58.2 Å². The average Bonchev–Trinajstić information content (AvgIpc) is 3.19. The van der Waals surface area contributed by atoms with Gasteiger partial charge in [-0.15, -0.1) is 0 Å². The molecule has 1 fully saturated rings. The summed E-state index contributed by atoms with van der Waals surface area (Å²) in [5, 5.41) is 2.69. The van der Waals surface area contributed by atoms with Crippen LogP contribution in [0, 0.1) is 5.82 Å². The summed E-state index contributed by atoms with van der Waals surface area (Å²) in [6.45, 7) is 3.83. The highest BCUT2D eigenvalue weighted by molar-refractivity contribution is 7.90. The van der Waals surface area contributed by atoms with Gasteiger partial charge in [0.1, 0.15) is 5.82 Å². The largest absolute Gasteiger partial charge is 0.313 e. The second-order valence-electron chi connectivity index (χ2n) is 5.43. The lowest BCUT2D eigenvalue weighted by atomic mass is 10.1. The summed E-state index contributed by atoms with van der Waals surface area (Å²) in [6, 6.07) is 6.01. The molecule has 0 saturated heterocycles. The van der Waals surface area contributed by atoms with Gasteiger partial charge in [-0.2, -0.15) is 0 Å². The van der Waals surface area contributed by atoms with E-state index in [1.54, 1.807) is 26.0 Å². The first-order valence-electron chi connectivity index (χ1n) is 6.88. The molecule has 1 aromatic rings. The predicted molar refractivity (Wildman–Crippen MR) is 77.4 cm³/mol. The van der Waals surface area contributed by atoms with Gasteiger partial charge in [-0.1, -0.05) is 12.1 Å². The van der Waals surface area contributed by atoms with Crippen LogP contribution in [0.3, 0.4) is 0 Å². The smallest absolute Gasteiger partial charge is 0.216 e. The van der Waals surface area contributed by atoms with Crippen LogP contribution in [0.4, 0.5) is 4.39 Å². The number of rotatable bonds is 7. The normalized spacial score (nSPS) is 18.8. The predicted octanol–water partition coefficient (Wildman–Crippen LogP) is 1.95. The van der Waals surface area contributed by atoms with Crippen LogP contribution in [-0.4, -0.2) is 26.3 Å². The Morgan fingerprint density at radius 3 is 2.65 bits per heavy atom. The van der Waals surface area contributed by atoms with E-state index in [0.717, 1.165) is 12.8 Å². The Morgan fingerprint density at radius 2 is 2.05 bits per heavy atom. The molecule has 6 heteroatoms. The van der Waals surface area contributed by atoms with Crippen LogP contribution in [0.1, 0.15) is 38.3 Å². The van der Waals surface area contributed by atoms with Crippen molar-refractivity contribution in [1.29, 1.82) is 0 Å². The van der Waals surface area contributed by atoms with Crippen molar-refractivity contribution in [3.63, 3.8) is 0 Å². The quantitative estimate of drug-likeness (QED) is 0.809. The standard InChI is InChI=1S/C14H21FN2O2S/c1-10(9-16-14-6-7-14)20(18,19)17-11(2)12-4-3-5-13(15)8-12/h3-5,8,10-11,14,16-17H,6-7,9H2,1-2H3. The molecule has 2 N–H and O–H groups in total. The SMILES string of the molecule is CC(NS(=O)(=O)C(C)CNC1CC1)c1cccc(F)c1. The van der Waals surface area contributed by atoms with Gasteiger partial charge in [0.2, 0.25) is 10.0 Å². The molecule has 2 unspecified atom stereocenters. The highest BCUT2D eigenvalue weighted by atomic mass is 32.2. The van der Waals surface area contributed by atoms with E-state index in [1.165, 1.54) is 12.1 Å². The molecule has 0 heterocycles. The van der Waals surface area contributed by atoms with Crippen LogP contribution in [-0.2, 0) is 10.0 Å². The Bertz CT molecular complexity index is 558. The number of hydrogen-bond donors (Lipinski definition) is 2. The first kappa shape index (κ1) is 15.4. The molecule has 2 rings (SSSR count). The lowest BCUT2D eigenvalue weighted by Crippen LogP contribution is -2.40. The van der Waals surface area contributed by atoms with Gasteiger partial charge in [-0.3, -0.25) is 0 Å². The summed E-state index contributed by atoms with van der Waals surface area (Å²) in [5.74, 6) is -0.364. The molecule has 0 aliphatic heterocycles. The Morgan fingerprint density at radius 1 is 1.35 bits per heavy atom. The Kier molecular flexibility index (Phi) is 4.78. The van der Waals surface area contributed by atoms with Crippen LogP contribution in [0.25, 0.3) is 0 Å². The molecular weight excluding hydrogens is 279 g/mol. The zero-order chi connectivity index (χ0) is 14.8. The van der Waals surface area contributed by atoms with Crippen molar-refractivity contribution in [3.05, 3.63) is 35.6 Å². The second kappa shape index (κ2) is 6.20. The highest BCUT2D eigenvalue weighted by Crippen LogP contribution is 2.19. The molecule has 0 bridgehead atoms. The summed E-state index contributed by atoms with van der Waals surface area (Å²) in [7, 11) is -3.42. The van der Waals surface area contributed by atoms with E-state index in [2.05, 4.69) is 10.0 Å². The maximum atomic E-state index is 13.1. The number of sulfonamides is 1. The van der Waals surface area contributed by atoms with E-state index in [-0.39, 0.29) is 5.82 Å². The minimum absolute atomic E-state index is 0.364. The molecular formula is C14H21FN2O2S. The first-order valence-corrected chi connectivity index (χ1v) is 8.43.